The smallest absolute Gasteiger partial charge is 0.157 e. The van der Waals surface area contributed by atoms with E-state index in [0.29, 0.717) is 5.69 Å². The van der Waals surface area contributed by atoms with E-state index in [1.54, 1.807) is 6.20 Å². The second-order valence-corrected chi connectivity index (χ2v) is 5.11. The van der Waals surface area contributed by atoms with Crippen LogP contribution in [-0.4, -0.2) is 24.5 Å². The standard InChI is InChI=1S/C13H20N6/c1-2-11(19-9-10(14)8-15-19)13-17-16-12-6-4-3-5-7-18(12)13/h8-9,11H,2-7,14H2,1H3/t11-/m0/s1. The average Bonchev–Trinajstić information content (AvgIpc) is 2.92. The summed E-state index contributed by atoms with van der Waals surface area (Å²) >= 11 is 0. The topological polar surface area (TPSA) is 74.5 Å². The SMILES string of the molecule is CC[C@@H](c1nnc2n1CCCCC2)n1cc(N)cn1. The van der Waals surface area contributed by atoms with Crippen molar-refractivity contribution >= 4 is 5.69 Å². The molecule has 0 unspecified atom stereocenters. The summed E-state index contributed by atoms with van der Waals surface area (Å²) in [5.74, 6) is 2.13. The van der Waals surface area contributed by atoms with Crippen molar-refractivity contribution in [3.05, 3.63) is 24.0 Å². The number of nitrogens with two attached hydrogens (primary N) is 1. The van der Waals surface area contributed by atoms with Gasteiger partial charge in [0, 0.05) is 19.2 Å². The number of hydrogen-bond acceptors (Lipinski definition) is 4. The lowest BCUT2D eigenvalue weighted by atomic mass is 10.2. The minimum atomic E-state index is 0.122. The van der Waals surface area contributed by atoms with E-state index in [9.17, 15) is 0 Å². The van der Waals surface area contributed by atoms with Crippen LogP contribution in [0.3, 0.4) is 0 Å². The first-order chi connectivity index (χ1) is 9.29. The highest BCUT2D eigenvalue weighted by molar-refractivity contribution is 5.31. The largest absolute Gasteiger partial charge is 0.396 e. The number of rotatable bonds is 3. The summed E-state index contributed by atoms with van der Waals surface area (Å²) in [5, 5.41) is 13.1. The van der Waals surface area contributed by atoms with Crippen LogP contribution in [0.25, 0.3) is 0 Å². The molecule has 6 nitrogen and oxygen atoms in total. The first-order valence-corrected chi connectivity index (χ1v) is 7.01. The van der Waals surface area contributed by atoms with E-state index in [1.807, 2.05) is 10.9 Å². The van der Waals surface area contributed by atoms with Gasteiger partial charge in [0.05, 0.1) is 11.9 Å². The van der Waals surface area contributed by atoms with Gasteiger partial charge in [-0.3, -0.25) is 4.68 Å². The third kappa shape index (κ3) is 2.22. The first kappa shape index (κ1) is 12.2. The Labute approximate surface area is 112 Å². The van der Waals surface area contributed by atoms with Gasteiger partial charge in [-0.1, -0.05) is 13.3 Å². The van der Waals surface area contributed by atoms with Gasteiger partial charge in [-0.15, -0.1) is 10.2 Å². The third-order valence-corrected chi connectivity index (χ3v) is 3.76. The molecular formula is C13H20N6. The highest BCUT2D eigenvalue weighted by atomic mass is 15.4. The zero-order chi connectivity index (χ0) is 13.2. The predicted molar refractivity (Wildman–Crippen MR) is 72.6 cm³/mol. The molecule has 0 aromatic carbocycles. The van der Waals surface area contributed by atoms with E-state index < -0.39 is 0 Å². The minimum Gasteiger partial charge on any atom is -0.396 e. The van der Waals surface area contributed by atoms with Crippen LogP contribution in [0.15, 0.2) is 12.4 Å². The van der Waals surface area contributed by atoms with Gasteiger partial charge in [0.2, 0.25) is 0 Å². The highest BCUT2D eigenvalue weighted by Gasteiger charge is 2.22. The number of fused-ring (bicyclic) bond motifs is 1. The fourth-order valence-electron chi connectivity index (χ4n) is 2.77. The Morgan fingerprint density at radius 3 is 2.95 bits per heavy atom. The molecule has 3 rings (SSSR count). The van der Waals surface area contributed by atoms with Crippen LogP contribution in [0.2, 0.25) is 0 Å². The number of nitrogen functional groups attached to an aromatic ring is 1. The van der Waals surface area contributed by atoms with E-state index in [-0.39, 0.29) is 6.04 Å². The van der Waals surface area contributed by atoms with Crippen LogP contribution in [0.4, 0.5) is 5.69 Å². The van der Waals surface area contributed by atoms with Crippen molar-refractivity contribution in [2.24, 2.45) is 0 Å². The van der Waals surface area contributed by atoms with E-state index in [1.165, 1.54) is 19.3 Å². The molecule has 19 heavy (non-hydrogen) atoms. The van der Waals surface area contributed by atoms with Crippen molar-refractivity contribution in [3.63, 3.8) is 0 Å². The molecule has 0 saturated carbocycles. The van der Waals surface area contributed by atoms with Crippen LogP contribution < -0.4 is 5.73 Å². The van der Waals surface area contributed by atoms with Gasteiger partial charge in [0.1, 0.15) is 11.9 Å². The number of aromatic nitrogens is 5. The quantitative estimate of drug-likeness (QED) is 0.912. The third-order valence-electron chi connectivity index (χ3n) is 3.76. The van der Waals surface area contributed by atoms with Gasteiger partial charge in [-0.2, -0.15) is 5.10 Å². The Morgan fingerprint density at radius 2 is 2.21 bits per heavy atom. The minimum absolute atomic E-state index is 0.122. The van der Waals surface area contributed by atoms with Gasteiger partial charge < -0.3 is 10.3 Å². The summed E-state index contributed by atoms with van der Waals surface area (Å²) in [6, 6.07) is 0.122. The molecule has 1 atom stereocenters. The highest BCUT2D eigenvalue weighted by Crippen LogP contribution is 2.24. The molecule has 0 amide bonds. The Kier molecular flexibility index (Phi) is 3.23. The maximum absolute atomic E-state index is 5.76. The Hall–Kier alpha value is -1.85. The zero-order valence-electron chi connectivity index (χ0n) is 11.3. The lowest BCUT2D eigenvalue weighted by Gasteiger charge is -2.16. The van der Waals surface area contributed by atoms with Gasteiger partial charge in [0.25, 0.3) is 0 Å². The van der Waals surface area contributed by atoms with E-state index in [4.69, 9.17) is 5.73 Å². The maximum Gasteiger partial charge on any atom is 0.157 e. The molecule has 0 radical (unpaired) electrons. The summed E-state index contributed by atoms with van der Waals surface area (Å²) in [4.78, 5) is 0. The van der Waals surface area contributed by atoms with Gasteiger partial charge in [0.15, 0.2) is 5.82 Å². The average molecular weight is 260 g/mol. The van der Waals surface area contributed by atoms with Crippen LogP contribution in [0, 0.1) is 0 Å². The summed E-state index contributed by atoms with van der Waals surface area (Å²) in [6.45, 7) is 3.16. The normalized spacial score (nSPS) is 16.9. The molecule has 2 N–H and O–H groups in total. The van der Waals surface area contributed by atoms with Crippen molar-refractivity contribution in [1.82, 2.24) is 24.5 Å². The molecule has 0 aliphatic carbocycles. The second kappa shape index (κ2) is 5.03. The Bertz CT molecular complexity index is 555. The van der Waals surface area contributed by atoms with Crippen LogP contribution in [0.1, 0.15) is 50.3 Å². The molecule has 6 heteroatoms. The van der Waals surface area contributed by atoms with E-state index >= 15 is 0 Å². The van der Waals surface area contributed by atoms with E-state index in [0.717, 1.165) is 31.0 Å². The Morgan fingerprint density at radius 1 is 1.32 bits per heavy atom. The fourth-order valence-corrected chi connectivity index (χ4v) is 2.77. The van der Waals surface area contributed by atoms with E-state index in [2.05, 4.69) is 26.8 Å². The lowest BCUT2D eigenvalue weighted by molar-refractivity contribution is 0.454. The fraction of sp³-hybridized carbons (Fsp3) is 0.615. The number of nitrogens with zero attached hydrogens (tertiary/aromatic N) is 5. The monoisotopic (exact) mass is 260 g/mol. The summed E-state index contributed by atoms with van der Waals surface area (Å²) in [6.07, 6.45) is 9.20. The second-order valence-electron chi connectivity index (χ2n) is 5.11. The van der Waals surface area contributed by atoms with Crippen molar-refractivity contribution in [1.29, 1.82) is 0 Å². The molecule has 1 aliphatic rings. The molecule has 0 bridgehead atoms. The van der Waals surface area contributed by atoms with Crippen molar-refractivity contribution in [2.75, 3.05) is 5.73 Å². The van der Waals surface area contributed by atoms with Gasteiger partial charge in [-0.25, -0.2) is 0 Å². The van der Waals surface area contributed by atoms with Crippen LogP contribution in [-0.2, 0) is 13.0 Å². The number of aryl methyl sites for hydroxylation is 1. The number of anilines is 1. The molecule has 3 heterocycles. The van der Waals surface area contributed by atoms with Gasteiger partial charge >= 0.3 is 0 Å². The number of hydrogen-bond donors (Lipinski definition) is 1. The van der Waals surface area contributed by atoms with Gasteiger partial charge in [-0.05, 0) is 19.3 Å². The van der Waals surface area contributed by atoms with Crippen molar-refractivity contribution < 1.29 is 0 Å². The molecule has 102 valence electrons. The molecular weight excluding hydrogens is 240 g/mol. The van der Waals surface area contributed by atoms with Crippen molar-refractivity contribution in [2.45, 2.75) is 51.6 Å². The molecule has 0 fully saturated rings. The van der Waals surface area contributed by atoms with Crippen molar-refractivity contribution in [3.8, 4) is 0 Å². The maximum atomic E-state index is 5.76. The summed E-state index contributed by atoms with van der Waals surface area (Å²) in [5.41, 5.74) is 6.45. The van der Waals surface area contributed by atoms with Crippen LogP contribution >= 0.6 is 0 Å². The predicted octanol–water partition coefficient (Wildman–Crippen LogP) is 1.78. The van der Waals surface area contributed by atoms with Crippen LogP contribution in [0.5, 0.6) is 0 Å². The summed E-state index contributed by atoms with van der Waals surface area (Å²) < 4.78 is 4.18. The molecule has 2 aromatic heterocycles. The zero-order valence-corrected chi connectivity index (χ0v) is 11.3. The lowest BCUT2D eigenvalue weighted by Crippen LogP contribution is -2.17. The first-order valence-electron chi connectivity index (χ1n) is 7.01. The molecule has 0 spiro atoms. The molecule has 2 aromatic rings. The summed E-state index contributed by atoms with van der Waals surface area (Å²) in [7, 11) is 0. The molecule has 1 aliphatic heterocycles. The molecule has 0 saturated heterocycles. The Balaban J connectivity index is 1.98.